The molecule has 216 valence electrons. The number of carboxylic acids is 1. The lowest BCUT2D eigenvalue weighted by atomic mass is 9.70. The average molecular weight is 554 g/mol. The van der Waals surface area contributed by atoms with Gasteiger partial charge in [0, 0.05) is 48.2 Å². The third kappa shape index (κ3) is 4.91. The number of carbonyl (C=O) groups is 3. The summed E-state index contributed by atoms with van der Waals surface area (Å²) in [6, 6.07) is 10.5. The van der Waals surface area contributed by atoms with Crippen LogP contribution in [0.3, 0.4) is 0 Å². The van der Waals surface area contributed by atoms with E-state index in [9.17, 15) is 19.5 Å². The smallest absolute Gasteiger partial charge is 0.344 e. The van der Waals surface area contributed by atoms with Crippen LogP contribution in [0, 0.1) is 17.8 Å². The number of rotatable bonds is 7. The second kappa shape index (κ2) is 11.0. The van der Waals surface area contributed by atoms with Gasteiger partial charge in [-0.3, -0.25) is 9.59 Å². The number of methoxy groups -OCH3 is 2. The van der Waals surface area contributed by atoms with Crippen molar-refractivity contribution in [3.8, 4) is 11.5 Å². The minimum atomic E-state index is -1.79. The number of ketones is 1. The number of carboxylic acid groups (broad SMARTS) is 1. The number of ether oxygens (including phenoxy) is 3. The van der Waals surface area contributed by atoms with Crippen LogP contribution in [0.4, 0.5) is 5.69 Å². The molecule has 2 aromatic rings. The number of quaternary nitrogens is 1. The molecule has 1 saturated heterocycles. The Balaban J connectivity index is 2.08. The highest BCUT2D eigenvalue weighted by molar-refractivity contribution is 6.05. The van der Waals surface area contributed by atoms with Crippen LogP contribution in [-0.4, -0.2) is 69.3 Å². The largest absolute Gasteiger partial charge is 0.497 e. The van der Waals surface area contributed by atoms with E-state index in [0.717, 1.165) is 16.7 Å². The van der Waals surface area contributed by atoms with E-state index in [1.807, 2.05) is 58.0 Å². The summed E-state index contributed by atoms with van der Waals surface area (Å²) in [6.45, 7) is 9.85. The SMILES string of the molecule is COc1ccc(C2OCC(=O)[N+](CC(C)(C)C)([C@@H]3CCNC[C@@]3(C(C)=O)C(=O)O)c3ccc(C)cc32)c(OC)c1. The van der Waals surface area contributed by atoms with Crippen LogP contribution in [0.1, 0.15) is 56.9 Å². The molecule has 2 unspecified atom stereocenters. The van der Waals surface area contributed by atoms with E-state index in [1.165, 1.54) is 6.92 Å². The summed E-state index contributed by atoms with van der Waals surface area (Å²) in [6.07, 6.45) is -0.338. The lowest BCUT2D eigenvalue weighted by molar-refractivity contribution is -0.164. The minimum absolute atomic E-state index is 0.0441. The molecule has 0 aliphatic carbocycles. The molecule has 1 fully saturated rings. The molecule has 2 heterocycles. The fourth-order valence-corrected chi connectivity index (χ4v) is 6.62. The molecule has 0 aromatic heterocycles. The number of aliphatic carboxylic acids is 1. The Labute approximate surface area is 236 Å². The van der Waals surface area contributed by atoms with Gasteiger partial charge in [0.05, 0.1) is 20.8 Å². The quantitative estimate of drug-likeness (QED) is 0.391. The van der Waals surface area contributed by atoms with Crippen LogP contribution in [0.5, 0.6) is 11.5 Å². The number of carbonyl (C=O) groups excluding carboxylic acids is 2. The van der Waals surface area contributed by atoms with E-state index >= 15 is 0 Å². The molecule has 40 heavy (non-hydrogen) atoms. The third-order valence-electron chi connectivity index (χ3n) is 8.27. The lowest BCUT2D eigenvalue weighted by Gasteiger charge is -2.51. The normalized spacial score (nSPS) is 26.9. The van der Waals surface area contributed by atoms with Gasteiger partial charge in [0.2, 0.25) is 0 Å². The first-order chi connectivity index (χ1) is 18.8. The van der Waals surface area contributed by atoms with Gasteiger partial charge < -0.3 is 24.6 Å². The molecular formula is C31H41N2O7+. The van der Waals surface area contributed by atoms with Gasteiger partial charge >= 0.3 is 11.9 Å². The molecule has 9 nitrogen and oxygen atoms in total. The van der Waals surface area contributed by atoms with E-state index in [1.54, 1.807) is 20.3 Å². The van der Waals surface area contributed by atoms with Crippen LogP contribution < -0.4 is 19.3 Å². The first-order valence-electron chi connectivity index (χ1n) is 13.6. The molecule has 0 saturated carbocycles. The molecule has 0 bridgehead atoms. The fourth-order valence-electron chi connectivity index (χ4n) is 6.62. The molecule has 2 N–H and O–H groups in total. The van der Waals surface area contributed by atoms with Gasteiger partial charge in [0.15, 0.2) is 17.8 Å². The second-order valence-electron chi connectivity index (χ2n) is 12.2. The number of Topliss-reactive ketones (excluding diaryl/α,β-unsaturated/α-hetero) is 1. The summed E-state index contributed by atoms with van der Waals surface area (Å²) in [5.74, 6) is -0.790. The summed E-state index contributed by atoms with van der Waals surface area (Å²) in [5, 5.41) is 13.8. The van der Waals surface area contributed by atoms with Crippen molar-refractivity contribution in [3.63, 3.8) is 0 Å². The summed E-state index contributed by atoms with van der Waals surface area (Å²) >= 11 is 0. The van der Waals surface area contributed by atoms with Crippen molar-refractivity contribution in [1.29, 1.82) is 0 Å². The molecule has 0 spiro atoms. The minimum Gasteiger partial charge on any atom is -0.497 e. The van der Waals surface area contributed by atoms with Gasteiger partial charge in [-0.25, -0.2) is 9.28 Å². The second-order valence-corrected chi connectivity index (χ2v) is 12.2. The van der Waals surface area contributed by atoms with Gasteiger partial charge in [-0.1, -0.05) is 32.4 Å². The van der Waals surface area contributed by atoms with Crippen molar-refractivity contribution in [2.75, 3.05) is 40.5 Å². The zero-order valence-electron chi connectivity index (χ0n) is 24.5. The average Bonchev–Trinajstić information content (AvgIpc) is 3.01. The molecule has 2 aliphatic rings. The first kappa shape index (κ1) is 29.7. The molecule has 0 radical (unpaired) electrons. The van der Waals surface area contributed by atoms with Crippen LogP contribution in [0.2, 0.25) is 0 Å². The Kier molecular flexibility index (Phi) is 8.13. The van der Waals surface area contributed by atoms with Crippen LogP contribution >= 0.6 is 0 Å². The van der Waals surface area contributed by atoms with Gasteiger partial charge in [-0.2, -0.15) is 0 Å². The molecule has 4 rings (SSSR count). The highest BCUT2D eigenvalue weighted by Gasteiger charge is 2.65. The standard InChI is InChI=1S/C31H40N2O7/c1-19-8-11-24-23(14-19)28(22-10-9-21(38-6)15-25(22)39-7)40-16-27(35)33(24,18-30(3,4)5)26-12-13-32-17-31(26,20(2)34)29(36)37/h8-11,14-15,26,28,32H,12-13,16-18H2,1-7H3/p+1/t26-,28?,31+,33?/m1/s1. The zero-order valence-corrected chi connectivity index (χ0v) is 24.5. The van der Waals surface area contributed by atoms with Crippen molar-refractivity contribution in [2.24, 2.45) is 10.8 Å². The van der Waals surface area contributed by atoms with E-state index in [-0.39, 0.29) is 23.5 Å². The molecular weight excluding hydrogens is 512 g/mol. The predicted molar refractivity (Wildman–Crippen MR) is 152 cm³/mol. The van der Waals surface area contributed by atoms with E-state index in [4.69, 9.17) is 14.2 Å². The van der Waals surface area contributed by atoms with Crippen molar-refractivity contribution in [1.82, 2.24) is 9.80 Å². The molecule has 9 heteroatoms. The van der Waals surface area contributed by atoms with E-state index < -0.39 is 34.7 Å². The number of benzene rings is 2. The van der Waals surface area contributed by atoms with Gasteiger partial charge in [0.1, 0.15) is 29.3 Å². The molecule has 4 atom stereocenters. The van der Waals surface area contributed by atoms with Gasteiger partial charge in [-0.15, -0.1) is 0 Å². The number of aryl methyl sites for hydroxylation is 1. The Bertz CT molecular complexity index is 1300. The number of hydrogen-bond donors (Lipinski definition) is 2. The monoisotopic (exact) mass is 553 g/mol. The number of nitrogens with one attached hydrogen (secondary N) is 1. The van der Waals surface area contributed by atoms with Gasteiger partial charge in [-0.05, 0) is 32.0 Å². The van der Waals surface area contributed by atoms with Crippen LogP contribution in [-0.2, 0) is 19.1 Å². The van der Waals surface area contributed by atoms with Crippen molar-refractivity contribution in [3.05, 3.63) is 53.1 Å². The number of piperidine rings is 1. The maximum atomic E-state index is 14.6. The highest BCUT2D eigenvalue weighted by Crippen LogP contribution is 2.49. The number of nitrogens with zero attached hydrogens (tertiary/aromatic N) is 1. The first-order valence-corrected chi connectivity index (χ1v) is 13.6. The van der Waals surface area contributed by atoms with E-state index in [0.29, 0.717) is 36.7 Å². The number of amides is 1. The van der Waals surface area contributed by atoms with Crippen molar-refractivity contribution >= 4 is 23.3 Å². The Morgan fingerprint density at radius 3 is 2.45 bits per heavy atom. The van der Waals surface area contributed by atoms with E-state index in [2.05, 4.69) is 5.32 Å². The summed E-state index contributed by atoms with van der Waals surface area (Å²) in [5.41, 5.74) is 0.898. The Hall–Kier alpha value is -3.27. The summed E-state index contributed by atoms with van der Waals surface area (Å²) in [4.78, 5) is 40.9. The van der Waals surface area contributed by atoms with Crippen LogP contribution in [0.15, 0.2) is 36.4 Å². The predicted octanol–water partition coefficient (Wildman–Crippen LogP) is 4.03. The number of hydrogen-bond acceptors (Lipinski definition) is 7. The lowest BCUT2D eigenvalue weighted by Crippen LogP contribution is -2.75. The van der Waals surface area contributed by atoms with Gasteiger partial charge in [0.25, 0.3) is 0 Å². The molecule has 2 aliphatic heterocycles. The molecule has 2 aromatic carbocycles. The Morgan fingerprint density at radius 2 is 1.85 bits per heavy atom. The summed E-state index contributed by atoms with van der Waals surface area (Å²) in [7, 11) is 3.15. The fraction of sp³-hybridized carbons (Fsp3) is 0.516. The van der Waals surface area contributed by atoms with Crippen molar-refractivity contribution < 1.29 is 33.7 Å². The maximum absolute atomic E-state index is 14.6. The third-order valence-corrected chi connectivity index (χ3v) is 8.27. The highest BCUT2D eigenvalue weighted by atomic mass is 16.5. The Morgan fingerprint density at radius 1 is 1.12 bits per heavy atom. The summed E-state index contributed by atoms with van der Waals surface area (Å²) < 4.78 is 17.2. The topological polar surface area (TPSA) is 111 Å². The number of fused-ring (bicyclic) bond motifs is 1. The molecule has 1 amide bonds. The maximum Gasteiger partial charge on any atom is 0.344 e. The van der Waals surface area contributed by atoms with Crippen LogP contribution in [0.25, 0.3) is 0 Å². The zero-order chi connectivity index (χ0) is 29.5. The van der Waals surface area contributed by atoms with Crippen molar-refractivity contribution in [2.45, 2.75) is 53.2 Å².